The molecule has 0 aliphatic carbocycles. The van der Waals surface area contributed by atoms with Crippen LogP contribution >= 0.6 is 11.8 Å². The molecule has 0 spiro atoms. The Hall–Kier alpha value is -1.60. The summed E-state index contributed by atoms with van der Waals surface area (Å²) in [6, 6.07) is 4.30. The number of nitro benzene ring substituents is 1. The Bertz CT molecular complexity index is 517. The number of nitrogens with zero attached hydrogens (tertiary/aromatic N) is 1. The molecule has 0 fully saturated rings. The second-order valence-corrected chi connectivity index (χ2v) is 6.45. The lowest BCUT2D eigenvalue weighted by Crippen LogP contribution is -2.32. The van der Waals surface area contributed by atoms with Crippen LogP contribution in [0.25, 0.3) is 0 Å². The first kappa shape index (κ1) is 16.5. The van der Waals surface area contributed by atoms with Gasteiger partial charge in [-0.1, -0.05) is 12.1 Å². The molecule has 0 atom stereocenters. The maximum Gasteiger partial charge on any atom is 0.343 e. The van der Waals surface area contributed by atoms with E-state index in [4.69, 9.17) is 5.11 Å². The van der Waals surface area contributed by atoms with Crippen LogP contribution in [0.3, 0.4) is 0 Å². The number of carbonyl (C=O) groups is 1. The van der Waals surface area contributed by atoms with Crippen molar-refractivity contribution in [3.05, 3.63) is 39.4 Å². The Morgan fingerprint density at radius 2 is 2.15 bits per heavy atom. The smallest absolute Gasteiger partial charge is 0.343 e. The predicted octanol–water partition coefficient (Wildman–Crippen LogP) is 2.52. The standard InChI is InChI=1S/C13H18N2O4S/c1-13(2,20-3)8-14-7-9-5-4-6-10(15(18)19)11(9)12(16)17/h4-6,14H,7-8H2,1-3H3,(H,16,17). The number of thioether (sulfide) groups is 1. The molecule has 0 saturated heterocycles. The van der Waals surface area contributed by atoms with Crippen molar-refractivity contribution in [2.24, 2.45) is 0 Å². The summed E-state index contributed by atoms with van der Waals surface area (Å²) in [7, 11) is 0. The average molecular weight is 298 g/mol. The summed E-state index contributed by atoms with van der Waals surface area (Å²) in [4.78, 5) is 21.4. The molecule has 0 saturated carbocycles. The van der Waals surface area contributed by atoms with Crippen LogP contribution < -0.4 is 5.32 Å². The van der Waals surface area contributed by atoms with Gasteiger partial charge < -0.3 is 10.4 Å². The number of nitro groups is 1. The molecule has 1 rings (SSSR count). The van der Waals surface area contributed by atoms with Crippen LogP contribution in [0.4, 0.5) is 5.69 Å². The number of carboxylic acids is 1. The average Bonchev–Trinajstić information content (AvgIpc) is 2.37. The largest absolute Gasteiger partial charge is 0.477 e. The topological polar surface area (TPSA) is 92.5 Å². The number of hydrogen-bond donors (Lipinski definition) is 2. The molecule has 0 aromatic heterocycles. The zero-order valence-corrected chi connectivity index (χ0v) is 12.5. The van der Waals surface area contributed by atoms with E-state index in [1.54, 1.807) is 17.8 Å². The Labute approximate surface area is 121 Å². The highest BCUT2D eigenvalue weighted by Crippen LogP contribution is 2.23. The maximum absolute atomic E-state index is 11.2. The van der Waals surface area contributed by atoms with Gasteiger partial charge >= 0.3 is 5.97 Å². The molecule has 20 heavy (non-hydrogen) atoms. The third-order valence-electron chi connectivity index (χ3n) is 2.96. The summed E-state index contributed by atoms with van der Waals surface area (Å²) in [5.74, 6) is -1.28. The summed E-state index contributed by atoms with van der Waals surface area (Å²) in [6.07, 6.45) is 2.00. The lowest BCUT2D eigenvalue weighted by atomic mass is 10.1. The van der Waals surface area contributed by atoms with Crippen LogP contribution in [-0.2, 0) is 6.54 Å². The van der Waals surface area contributed by atoms with Gasteiger partial charge in [0.1, 0.15) is 5.56 Å². The van der Waals surface area contributed by atoms with Crippen molar-refractivity contribution in [1.29, 1.82) is 0 Å². The maximum atomic E-state index is 11.2. The first-order valence-corrected chi connectivity index (χ1v) is 7.26. The molecule has 0 bridgehead atoms. The van der Waals surface area contributed by atoms with E-state index in [0.717, 1.165) is 0 Å². The van der Waals surface area contributed by atoms with E-state index >= 15 is 0 Å². The molecular formula is C13H18N2O4S. The number of hydrogen-bond acceptors (Lipinski definition) is 5. The Morgan fingerprint density at radius 3 is 2.65 bits per heavy atom. The first-order valence-electron chi connectivity index (χ1n) is 6.04. The van der Waals surface area contributed by atoms with Gasteiger partial charge in [-0.15, -0.1) is 0 Å². The molecule has 1 aromatic rings. The summed E-state index contributed by atoms with van der Waals surface area (Å²) in [5.41, 5.74) is -0.198. The normalized spacial score (nSPS) is 11.3. The zero-order valence-electron chi connectivity index (χ0n) is 11.7. The molecule has 6 nitrogen and oxygen atoms in total. The van der Waals surface area contributed by atoms with Crippen molar-refractivity contribution in [2.75, 3.05) is 12.8 Å². The fourth-order valence-electron chi connectivity index (χ4n) is 1.70. The van der Waals surface area contributed by atoms with E-state index in [1.165, 1.54) is 12.1 Å². The number of aromatic carboxylic acids is 1. The fraction of sp³-hybridized carbons (Fsp3) is 0.462. The van der Waals surface area contributed by atoms with Crippen LogP contribution in [0.1, 0.15) is 29.8 Å². The van der Waals surface area contributed by atoms with Gasteiger partial charge in [-0.05, 0) is 25.7 Å². The van der Waals surface area contributed by atoms with Gasteiger partial charge in [0.25, 0.3) is 5.69 Å². The van der Waals surface area contributed by atoms with Gasteiger partial charge in [0.2, 0.25) is 0 Å². The van der Waals surface area contributed by atoms with Crippen molar-refractivity contribution >= 4 is 23.4 Å². The van der Waals surface area contributed by atoms with E-state index in [-0.39, 0.29) is 22.5 Å². The van der Waals surface area contributed by atoms with Crippen LogP contribution in [0.2, 0.25) is 0 Å². The molecule has 0 aliphatic heterocycles. The lowest BCUT2D eigenvalue weighted by molar-refractivity contribution is -0.385. The molecule has 7 heteroatoms. The molecular weight excluding hydrogens is 280 g/mol. The van der Waals surface area contributed by atoms with E-state index in [9.17, 15) is 14.9 Å². The van der Waals surface area contributed by atoms with E-state index in [2.05, 4.69) is 19.2 Å². The number of carboxylic acid groups (broad SMARTS) is 1. The van der Waals surface area contributed by atoms with Crippen molar-refractivity contribution in [3.8, 4) is 0 Å². The van der Waals surface area contributed by atoms with Crippen molar-refractivity contribution in [2.45, 2.75) is 25.1 Å². The molecule has 1 aromatic carbocycles. The summed E-state index contributed by atoms with van der Waals surface area (Å²) in [6.45, 7) is 5.09. The van der Waals surface area contributed by atoms with E-state index in [0.29, 0.717) is 12.1 Å². The quantitative estimate of drug-likeness (QED) is 0.593. The van der Waals surface area contributed by atoms with Gasteiger partial charge in [0.15, 0.2) is 0 Å². The summed E-state index contributed by atoms with van der Waals surface area (Å²) < 4.78 is 0.0180. The Kier molecular flexibility index (Phi) is 5.52. The van der Waals surface area contributed by atoms with Gasteiger partial charge in [-0.2, -0.15) is 11.8 Å². The zero-order chi connectivity index (χ0) is 15.3. The SMILES string of the molecule is CSC(C)(C)CNCc1cccc([N+](=O)[O-])c1C(=O)O. The van der Waals surface area contributed by atoms with Crippen LogP contribution in [-0.4, -0.2) is 33.5 Å². The second-order valence-electron chi connectivity index (χ2n) is 4.94. The number of rotatable bonds is 7. The molecule has 0 radical (unpaired) electrons. The van der Waals surface area contributed by atoms with Crippen molar-refractivity contribution in [1.82, 2.24) is 5.32 Å². The van der Waals surface area contributed by atoms with E-state index < -0.39 is 10.9 Å². The van der Waals surface area contributed by atoms with E-state index in [1.807, 2.05) is 6.26 Å². The highest BCUT2D eigenvalue weighted by molar-refractivity contribution is 7.99. The molecule has 0 amide bonds. The lowest BCUT2D eigenvalue weighted by Gasteiger charge is -2.22. The molecule has 110 valence electrons. The first-order chi connectivity index (χ1) is 9.28. The molecule has 0 heterocycles. The second kappa shape index (κ2) is 6.71. The number of benzene rings is 1. The minimum absolute atomic E-state index is 0.0180. The van der Waals surface area contributed by atoms with Crippen LogP contribution in [0.15, 0.2) is 18.2 Å². The molecule has 2 N–H and O–H groups in total. The van der Waals surface area contributed by atoms with Gasteiger partial charge in [0, 0.05) is 23.9 Å². The highest BCUT2D eigenvalue weighted by Gasteiger charge is 2.23. The Morgan fingerprint density at radius 1 is 1.50 bits per heavy atom. The predicted molar refractivity (Wildman–Crippen MR) is 79.4 cm³/mol. The third kappa shape index (κ3) is 4.21. The third-order valence-corrected chi connectivity index (χ3v) is 4.21. The Balaban J connectivity index is 2.93. The van der Waals surface area contributed by atoms with Gasteiger partial charge in [-0.25, -0.2) is 4.79 Å². The highest BCUT2D eigenvalue weighted by atomic mass is 32.2. The van der Waals surface area contributed by atoms with Gasteiger partial charge in [0.05, 0.1) is 4.92 Å². The van der Waals surface area contributed by atoms with Crippen molar-refractivity contribution in [3.63, 3.8) is 0 Å². The minimum Gasteiger partial charge on any atom is -0.477 e. The molecule has 0 aliphatic rings. The number of nitrogens with one attached hydrogen (secondary N) is 1. The van der Waals surface area contributed by atoms with Crippen molar-refractivity contribution < 1.29 is 14.8 Å². The summed E-state index contributed by atoms with van der Waals surface area (Å²) in [5, 5.41) is 23.2. The van der Waals surface area contributed by atoms with Crippen LogP contribution in [0.5, 0.6) is 0 Å². The fourth-order valence-corrected chi connectivity index (χ4v) is 1.95. The minimum atomic E-state index is -1.28. The van der Waals surface area contributed by atoms with Crippen LogP contribution in [0, 0.1) is 10.1 Å². The van der Waals surface area contributed by atoms with Gasteiger partial charge in [-0.3, -0.25) is 10.1 Å². The monoisotopic (exact) mass is 298 g/mol. The molecule has 0 unspecified atom stereocenters. The summed E-state index contributed by atoms with van der Waals surface area (Å²) >= 11 is 1.69.